The molecule has 7 heteroatoms. The zero-order valence-corrected chi connectivity index (χ0v) is 14.8. The predicted octanol–water partition coefficient (Wildman–Crippen LogP) is 3.34. The lowest BCUT2D eigenvalue weighted by molar-refractivity contribution is -0.119. The van der Waals surface area contributed by atoms with Crippen LogP contribution >= 0.6 is 0 Å². The minimum absolute atomic E-state index is 0.222. The van der Waals surface area contributed by atoms with E-state index in [1.807, 2.05) is 6.92 Å². The van der Waals surface area contributed by atoms with Crippen LogP contribution in [0.3, 0.4) is 0 Å². The van der Waals surface area contributed by atoms with E-state index < -0.39 is 24.3 Å². The largest absolute Gasteiger partial charge is 0.493 e. The van der Waals surface area contributed by atoms with Crippen LogP contribution in [-0.4, -0.2) is 32.2 Å². The highest BCUT2D eigenvalue weighted by atomic mass is 19.1. The number of halogens is 1. The lowest BCUT2D eigenvalue weighted by Gasteiger charge is -2.11. The number of carbonyl (C=O) groups excluding carboxylic acids is 2. The van der Waals surface area contributed by atoms with Crippen LogP contribution in [0.1, 0.15) is 22.8 Å². The quantitative estimate of drug-likeness (QED) is 0.766. The van der Waals surface area contributed by atoms with Crippen molar-refractivity contribution in [2.75, 3.05) is 25.6 Å². The topological polar surface area (TPSA) is 73.9 Å². The number of carbonyl (C=O) groups is 2. The Morgan fingerprint density at radius 1 is 1.12 bits per heavy atom. The second-order valence-electron chi connectivity index (χ2n) is 5.38. The summed E-state index contributed by atoms with van der Waals surface area (Å²) in [5, 5.41) is 2.51. The predicted molar refractivity (Wildman–Crippen MR) is 94.2 cm³/mol. The van der Waals surface area contributed by atoms with Crippen molar-refractivity contribution < 1.29 is 28.2 Å². The molecule has 6 nitrogen and oxygen atoms in total. The van der Waals surface area contributed by atoms with Crippen LogP contribution in [0.2, 0.25) is 0 Å². The first-order valence-electron chi connectivity index (χ1n) is 7.98. The number of methoxy groups -OCH3 is 1. The van der Waals surface area contributed by atoms with E-state index in [4.69, 9.17) is 14.2 Å². The van der Waals surface area contributed by atoms with E-state index in [0.717, 1.165) is 0 Å². The molecule has 1 amide bonds. The number of esters is 1. The van der Waals surface area contributed by atoms with Gasteiger partial charge in [0.1, 0.15) is 5.82 Å². The van der Waals surface area contributed by atoms with Crippen LogP contribution in [0, 0.1) is 12.7 Å². The van der Waals surface area contributed by atoms with Crippen molar-refractivity contribution in [3.8, 4) is 11.5 Å². The van der Waals surface area contributed by atoms with Gasteiger partial charge in [0.2, 0.25) is 0 Å². The number of anilines is 1. The highest BCUT2D eigenvalue weighted by molar-refractivity contribution is 5.96. The number of hydrogen-bond donors (Lipinski definition) is 1. The van der Waals surface area contributed by atoms with Gasteiger partial charge in [-0.3, -0.25) is 4.79 Å². The lowest BCUT2D eigenvalue weighted by atomic mass is 10.2. The summed E-state index contributed by atoms with van der Waals surface area (Å²) in [6, 6.07) is 8.63. The first-order chi connectivity index (χ1) is 12.4. The molecule has 0 aromatic heterocycles. The Labute approximate surface area is 150 Å². The molecule has 0 saturated carbocycles. The van der Waals surface area contributed by atoms with Gasteiger partial charge < -0.3 is 19.5 Å². The van der Waals surface area contributed by atoms with Crippen LogP contribution in [0.5, 0.6) is 11.5 Å². The van der Waals surface area contributed by atoms with Gasteiger partial charge in [-0.05, 0) is 49.7 Å². The van der Waals surface area contributed by atoms with Crippen molar-refractivity contribution in [2.24, 2.45) is 0 Å². The van der Waals surface area contributed by atoms with Gasteiger partial charge in [-0.25, -0.2) is 9.18 Å². The molecule has 0 unspecified atom stereocenters. The SMILES string of the molecule is CCOc1ccc(C(=O)OCC(=O)Nc2cc(F)ccc2C)cc1OC. The molecule has 0 aliphatic carbocycles. The normalized spacial score (nSPS) is 10.2. The molecule has 0 heterocycles. The molecular weight excluding hydrogens is 341 g/mol. The van der Waals surface area contributed by atoms with Gasteiger partial charge in [-0.15, -0.1) is 0 Å². The summed E-state index contributed by atoms with van der Waals surface area (Å²) in [5.41, 5.74) is 1.25. The second-order valence-corrected chi connectivity index (χ2v) is 5.38. The third kappa shape index (κ3) is 4.95. The van der Waals surface area contributed by atoms with E-state index in [0.29, 0.717) is 29.4 Å². The van der Waals surface area contributed by atoms with Crippen molar-refractivity contribution in [1.29, 1.82) is 0 Å². The first kappa shape index (κ1) is 19.2. The van der Waals surface area contributed by atoms with Crippen LogP contribution < -0.4 is 14.8 Å². The smallest absolute Gasteiger partial charge is 0.338 e. The van der Waals surface area contributed by atoms with Crippen molar-refractivity contribution in [2.45, 2.75) is 13.8 Å². The third-order valence-corrected chi connectivity index (χ3v) is 3.51. The Hall–Kier alpha value is -3.09. The Morgan fingerprint density at radius 3 is 2.58 bits per heavy atom. The average molecular weight is 361 g/mol. The summed E-state index contributed by atoms with van der Waals surface area (Å²) < 4.78 is 28.8. The first-order valence-corrected chi connectivity index (χ1v) is 7.98. The number of amides is 1. The van der Waals surface area contributed by atoms with Crippen LogP contribution in [0.25, 0.3) is 0 Å². The van der Waals surface area contributed by atoms with E-state index in [2.05, 4.69) is 5.32 Å². The molecule has 138 valence electrons. The fourth-order valence-electron chi connectivity index (χ4n) is 2.20. The molecule has 2 rings (SSSR count). The molecular formula is C19H20FNO5. The molecule has 0 atom stereocenters. The van der Waals surface area contributed by atoms with Gasteiger partial charge in [0.05, 0.1) is 19.3 Å². The number of ether oxygens (including phenoxy) is 3. The molecule has 1 N–H and O–H groups in total. The summed E-state index contributed by atoms with van der Waals surface area (Å²) in [7, 11) is 1.46. The fraction of sp³-hybridized carbons (Fsp3) is 0.263. The Bertz CT molecular complexity index is 807. The van der Waals surface area contributed by atoms with E-state index in [1.54, 1.807) is 19.1 Å². The van der Waals surface area contributed by atoms with Crippen molar-refractivity contribution in [3.05, 3.63) is 53.3 Å². The van der Waals surface area contributed by atoms with Gasteiger partial charge in [-0.2, -0.15) is 0 Å². The van der Waals surface area contributed by atoms with Crippen LogP contribution in [0.4, 0.5) is 10.1 Å². The molecule has 0 radical (unpaired) electrons. The molecule has 2 aromatic carbocycles. The number of aryl methyl sites for hydroxylation is 1. The number of hydrogen-bond acceptors (Lipinski definition) is 5. The standard InChI is InChI=1S/C19H20FNO5/c1-4-25-16-8-6-13(9-17(16)24-3)19(23)26-11-18(22)21-15-10-14(20)7-5-12(15)2/h5-10H,4,11H2,1-3H3,(H,21,22). The minimum atomic E-state index is -0.683. The maximum absolute atomic E-state index is 13.2. The van der Waals surface area contributed by atoms with Crippen molar-refractivity contribution in [1.82, 2.24) is 0 Å². The van der Waals surface area contributed by atoms with Gasteiger partial charge in [0.15, 0.2) is 18.1 Å². The molecule has 26 heavy (non-hydrogen) atoms. The summed E-state index contributed by atoms with van der Waals surface area (Å²) >= 11 is 0. The van der Waals surface area contributed by atoms with Gasteiger partial charge in [0, 0.05) is 5.69 Å². The molecule has 0 bridgehead atoms. The summed E-state index contributed by atoms with van der Waals surface area (Å²) in [5.74, 6) is -0.821. The van der Waals surface area contributed by atoms with E-state index in [-0.39, 0.29) is 5.56 Å². The number of benzene rings is 2. The van der Waals surface area contributed by atoms with Gasteiger partial charge >= 0.3 is 5.97 Å². The van der Waals surface area contributed by atoms with Gasteiger partial charge in [-0.1, -0.05) is 6.07 Å². The van der Waals surface area contributed by atoms with Crippen LogP contribution in [-0.2, 0) is 9.53 Å². The fourth-order valence-corrected chi connectivity index (χ4v) is 2.20. The Kier molecular flexibility index (Phi) is 6.54. The maximum Gasteiger partial charge on any atom is 0.338 e. The molecule has 0 saturated heterocycles. The zero-order valence-electron chi connectivity index (χ0n) is 14.8. The maximum atomic E-state index is 13.2. The molecule has 0 aliphatic rings. The molecule has 0 aliphatic heterocycles. The van der Waals surface area contributed by atoms with Gasteiger partial charge in [0.25, 0.3) is 5.91 Å². The van der Waals surface area contributed by atoms with E-state index in [1.165, 1.54) is 31.4 Å². The van der Waals surface area contributed by atoms with E-state index >= 15 is 0 Å². The summed E-state index contributed by atoms with van der Waals surface area (Å²) in [6.45, 7) is 3.53. The average Bonchev–Trinajstić information content (AvgIpc) is 2.63. The van der Waals surface area contributed by atoms with Crippen molar-refractivity contribution in [3.63, 3.8) is 0 Å². The highest BCUT2D eigenvalue weighted by Crippen LogP contribution is 2.28. The summed E-state index contributed by atoms with van der Waals surface area (Å²) in [4.78, 5) is 24.0. The number of nitrogens with one attached hydrogen (secondary N) is 1. The highest BCUT2D eigenvalue weighted by Gasteiger charge is 2.14. The van der Waals surface area contributed by atoms with Crippen molar-refractivity contribution >= 4 is 17.6 Å². The second kappa shape index (κ2) is 8.84. The monoisotopic (exact) mass is 361 g/mol. The molecule has 0 spiro atoms. The molecule has 2 aromatic rings. The third-order valence-electron chi connectivity index (χ3n) is 3.51. The zero-order chi connectivity index (χ0) is 19.1. The lowest BCUT2D eigenvalue weighted by Crippen LogP contribution is -2.21. The summed E-state index contributed by atoms with van der Waals surface area (Å²) in [6.07, 6.45) is 0. The van der Waals surface area contributed by atoms with Crippen LogP contribution in [0.15, 0.2) is 36.4 Å². The molecule has 0 fully saturated rings. The Morgan fingerprint density at radius 2 is 1.88 bits per heavy atom. The van der Waals surface area contributed by atoms with E-state index in [9.17, 15) is 14.0 Å². The Balaban J connectivity index is 1.97. The number of rotatable bonds is 7. The minimum Gasteiger partial charge on any atom is -0.493 e.